The van der Waals surface area contributed by atoms with Gasteiger partial charge in [0, 0.05) is 12.3 Å². The van der Waals surface area contributed by atoms with Crippen molar-refractivity contribution in [1.82, 2.24) is 0 Å². The van der Waals surface area contributed by atoms with E-state index in [4.69, 9.17) is 19.5 Å². The minimum Gasteiger partial charge on any atom is -0.470 e. The van der Waals surface area contributed by atoms with E-state index in [1.54, 1.807) is 0 Å². The molecule has 0 saturated carbocycles. The first kappa shape index (κ1) is 27.3. The van der Waals surface area contributed by atoms with Gasteiger partial charge in [0.15, 0.2) is 24.0 Å². The SMILES string of the molecule is c1ccc([C@H]2N=C(CP(CC3=N[C@@H](c4ccccc4)[C@@H](c4ccccc4)O3)c3ccccc3)O[C@H]2c2ccccc2)cc1. The van der Waals surface area contributed by atoms with Crippen molar-refractivity contribution in [2.45, 2.75) is 24.3 Å². The van der Waals surface area contributed by atoms with Gasteiger partial charge in [0.2, 0.25) is 0 Å². The van der Waals surface area contributed by atoms with E-state index >= 15 is 0 Å². The molecule has 5 atom stereocenters. The Bertz CT molecular complexity index is 1570. The van der Waals surface area contributed by atoms with Gasteiger partial charge >= 0.3 is 0 Å². The zero-order chi connectivity index (χ0) is 28.8. The van der Waals surface area contributed by atoms with Crippen molar-refractivity contribution in [3.63, 3.8) is 0 Å². The first-order valence-corrected chi connectivity index (χ1v) is 16.5. The van der Waals surface area contributed by atoms with Crippen LogP contribution in [0.15, 0.2) is 162 Å². The molecule has 0 amide bonds. The van der Waals surface area contributed by atoms with E-state index in [0.717, 1.165) is 46.4 Å². The van der Waals surface area contributed by atoms with Gasteiger partial charge in [-0.15, -0.1) is 0 Å². The zero-order valence-corrected chi connectivity index (χ0v) is 24.7. The Morgan fingerprint density at radius 2 is 0.744 bits per heavy atom. The molecule has 0 bridgehead atoms. The lowest BCUT2D eigenvalue weighted by molar-refractivity contribution is 0.195. The number of aliphatic imine (C=N–C) groups is 2. The topological polar surface area (TPSA) is 43.2 Å². The molecule has 2 aliphatic heterocycles. The van der Waals surface area contributed by atoms with Gasteiger partial charge in [-0.05, 0) is 27.6 Å². The predicted octanol–water partition coefficient (Wildman–Crippen LogP) is 8.62. The number of nitrogens with zero attached hydrogens (tertiary/aromatic N) is 2. The Hall–Kier alpha value is -4.53. The fraction of sp³-hybridized carbons (Fsp3) is 0.158. The van der Waals surface area contributed by atoms with E-state index in [9.17, 15) is 0 Å². The molecule has 0 spiro atoms. The first-order chi connectivity index (χ1) is 21.3. The van der Waals surface area contributed by atoms with Crippen LogP contribution >= 0.6 is 7.92 Å². The molecule has 0 aliphatic carbocycles. The van der Waals surface area contributed by atoms with Crippen LogP contribution in [-0.4, -0.2) is 24.1 Å². The summed E-state index contributed by atoms with van der Waals surface area (Å²) in [6.07, 6.45) is 1.13. The normalized spacial score (nSPS) is 21.8. The lowest BCUT2D eigenvalue weighted by atomic mass is 9.97. The molecule has 2 aliphatic rings. The quantitative estimate of drug-likeness (QED) is 0.164. The lowest BCUT2D eigenvalue weighted by Crippen LogP contribution is -2.18. The van der Waals surface area contributed by atoms with Crippen LogP contribution in [0.4, 0.5) is 0 Å². The molecule has 212 valence electrons. The maximum absolute atomic E-state index is 6.70. The minimum atomic E-state index is -0.741. The van der Waals surface area contributed by atoms with Crippen LogP contribution in [0.2, 0.25) is 0 Å². The van der Waals surface area contributed by atoms with Crippen molar-refractivity contribution in [3.8, 4) is 0 Å². The van der Waals surface area contributed by atoms with E-state index < -0.39 is 7.92 Å². The zero-order valence-electron chi connectivity index (χ0n) is 23.8. The van der Waals surface area contributed by atoms with Gasteiger partial charge in [0.05, 0.1) is 0 Å². The van der Waals surface area contributed by atoms with E-state index in [-0.39, 0.29) is 24.3 Å². The largest absolute Gasteiger partial charge is 0.470 e. The van der Waals surface area contributed by atoms with Crippen LogP contribution in [0.25, 0.3) is 0 Å². The van der Waals surface area contributed by atoms with Gasteiger partial charge in [0.25, 0.3) is 0 Å². The molecule has 0 N–H and O–H groups in total. The summed E-state index contributed by atoms with van der Waals surface area (Å²) in [5.41, 5.74) is 4.60. The summed E-state index contributed by atoms with van der Waals surface area (Å²) >= 11 is 0. The maximum Gasteiger partial charge on any atom is 0.189 e. The highest BCUT2D eigenvalue weighted by Gasteiger charge is 2.37. The number of hydrogen-bond donors (Lipinski definition) is 0. The highest BCUT2D eigenvalue weighted by molar-refractivity contribution is 7.67. The maximum atomic E-state index is 6.70. The summed E-state index contributed by atoms with van der Waals surface area (Å²) in [5, 5.41) is 1.29. The fourth-order valence-electron chi connectivity index (χ4n) is 5.87. The van der Waals surface area contributed by atoms with Crippen LogP contribution < -0.4 is 5.30 Å². The monoisotopic (exact) mass is 580 g/mol. The first-order valence-electron chi connectivity index (χ1n) is 14.8. The van der Waals surface area contributed by atoms with Crippen LogP contribution in [0, 0.1) is 0 Å². The van der Waals surface area contributed by atoms with Gasteiger partial charge < -0.3 is 9.47 Å². The number of hydrogen-bond acceptors (Lipinski definition) is 4. The number of ether oxygens (including phenoxy) is 2. The summed E-state index contributed by atoms with van der Waals surface area (Å²) in [7, 11) is -0.741. The summed E-state index contributed by atoms with van der Waals surface area (Å²) in [6.45, 7) is 0. The summed E-state index contributed by atoms with van der Waals surface area (Å²) in [4.78, 5) is 10.4. The fourth-order valence-corrected chi connectivity index (χ4v) is 7.91. The number of benzene rings is 5. The van der Waals surface area contributed by atoms with Crippen molar-refractivity contribution < 1.29 is 9.47 Å². The van der Waals surface area contributed by atoms with Gasteiger partial charge in [-0.25, -0.2) is 9.98 Å². The van der Waals surface area contributed by atoms with E-state index in [1.165, 1.54) is 5.30 Å². The van der Waals surface area contributed by atoms with Gasteiger partial charge in [-0.1, -0.05) is 160 Å². The molecule has 43 heavy (non-hydrogen) atoms. The second kappa shape index (κ2) is 12.8. The molecular formula is C38H33N2O2P. The highest BCUT2D eigenvalue weighted by atomic mass is 31.1. The smallest absolute Gasteiger partial charge is 0.189 e. The molecule has 2 heterocycles. The van der Waals surface area contributed by atoms with Crippen molar-refractivity contribution in [2.75, 3.05) is 12.3 Å². The average molecular weight is 581 g/mol. The molecular weight excluding hydrogens is 547 g/mol. The molecule has 7 rings (SSSR count). The average Bonchev–Trinajstić information content (AvgIpc) is 3.71. The van der Waals surface area contributed by atoms with Gasteiger partial charge in [-0.3, -0.25) is 0 Å². The van der Waals surface area contributed by atoms with Gasteiger partial charge in [-0.2, -0.15) is 0 Å². The Morgan fingerprint density at radius 1 is 0.419 bits per heavy atom. The molecule has 0 saturated heterocycles. The third-order valence-electron chi connectivity index (χ3n) is 7.98. The Balaban J connectivity index is 1.19. The van der Waals surface area contributed by atoms with Crippen molar-refractivity contribution >= 4 is 25.0 Å². The number of rotatable bonds is 9. The summed E-state index contributed by atoms with van der Waals surface area (Å²) in [5.74, 6) is 1.60. The Morgan fingerprint density at radius 3 is 1.12 bits per heavy atom. The molecule has 0 fully saturated rings. The van der Waals surface area contributed by atoms with Crippen LogP contribution in [-0.2, 0) is 9.47 Å². The van der Waals surface area contributed by atoms with E-state index in [2.05, 4.69) is 127 Å². The van der Waals surface area contributed by atoms with Crippen LogP contribution in [0.5, 0.6) is 0 Å². The van der Waals surface area contributed by atoms with Crippen molar-refractivity contribution in [1.29, 1.82) is 0 Å². The summed E-state index contributed by atoms with van der Waals surface area (Å²) in [6, 6.07) is 52.4. The van der Waals surface area contributed by atoms with E-state index in [0.29, 0.717) is 0 Å². The van der Waals surface area contributed by atoms with Gasteiger partial charge in [0.1, 0.15) is 12.1 Å². The van der Waals surface area contributed by atoms with Crippen molar-refractivity contribution in [2.24, 2.45) is 9.98 Å². The second-order valence-corrected chi connectivity index (χ2v) is 13.1. The van der Waals surface area contributed by atoms with Crippen LogP contribution in [0.1, 0.15) is 46.5 Å². The molecule has 5 aromatic carbocycles. The molecule has 1 unspecified atom stereocenters. The Labute approximate surface area is 254 Å². The third kappa shape index (κ3) is 6.16. The van der Waals surface area contributed by atoms with Crippen LogP contribution in [0.3, 0.4) is 0 Å². The molecule has 4 nitrogen and oxygen atoms in total. The third-order valence-corrected chi connectivity index (χ3v) is 10.3. The predicted molar refractivity (Wildman–Crippen MR) is 177 cm³/mol. The molecule has 5 aromatic rings. The summed E-state index contributed by atoms with van der Waals surface area (Å²) < 4.78 is 13.4. The molecule has 5 heteroatoms. The lowest BCUT2D eigenvalue weighted by Gasteiger charge is -2.21. The molecule has 0 radical (unpaired) electrons. The van der Waals surface area contributed by atoms with Crippen molar-refractivity contribution in [3.05, 3.63) is 174 Å². The molecule has 0 aromatic heterocycles. The Kier molecular flexibility index (Phi) is 8.11. The second-order valence-electron chi connectivity index (χ2n) is 10.8. The highest BCUT2D eigenvalue weighted by Crippen LogP contribution is 2.46. The standard InChI is InChI=1S/C38H33N2O2P/c1-6-16-28(17-7-1)35-37(30-20-10-3-11-21-30)41-33(39-35)26-43(32-24-14-5-15-25-32)27-34-40-36(29-18-8-2-9-19-29)38(42-34)31-22-12-4-13-23-31/h1-25,35-38H,26-27H2/t35-,36+,37+,38-,43?. The minimum absolute atomic E-state index is 0.0868. The van der Waals surface area contributed by atoms with E-state index in [1.807, 2.05) is 24.3 Å².